The summed E-state index contributed by atoms with van der Waals surface area (Å²) in [6, 6.07) is 0. The second-order valence-corrected chi connectivity index (χ2v) is 6.00. The van der Waals surface area contributed by atoms with Crippen LogP contribution in [0.4, 0.5) is 0 Å². The summed E-state index contributed by atoms with van der Waals surface area (Å²) in [7, 11) is 1.90. The largest absolute Gasteiger partial charge is 0.378 e. The fraction of sp³-hybridized carbons (Fsp3) is 0.923. The van der Waals surface area contributed by atoms with Gasteiger partial charge in [0, 0.05) is 32.0 Å². The van der Waals surface area contributed by atoms with Crippen molar-refractivity contribution in [3.05, 3.63) is 0 Å². The number of alkyl halides is 1. The number of halogens is 1. The van der Waals surface area contributed by atoms with Crippen molar-refractivity contribution in [2.24, 2.45) is 5.92 Å². The molecule has 0 N–H and O–H groups in total. The molecule has 1 unspecified atom stereocenters. The number of hydrogen-bond donors (Lipinski definition) is 0. The highest BCUT2D eigenvalue weighted by molar-refractivity contribution is 6.21. The molecule has 1 aliphatic carbocycles. The summed E-state index contributed by atoms with van der Waals surface area (Å²) in [5, 5.41) is 0.343. The van der Waals surface area contributed by atoms with Gasteiger partial charge in [0.15, 0.2) is 0 Å². The predicted molar refractivity (Wildman–Crippen MR) is 68.2 cm³/mol. The van der Waals surface area contributed by atoms with E-state index in [4.69, 9.17) is 16.3 Å². The average Bonchev–Trinajstić information content (AvgIpc) is 2.76. The van der Waals surface area contributed by atoms with Crippen molar-refractivity contribution < 1.29 is 9.53 Å². The summed E-state index contributed by atoms with van der Waals surface area (Å²) < 4.78 is 5.52. The van der Waals surface area contributed by atoms with Gasteiger partial charge in [-0.15, -0.1) is 11.6 Å². The van der Waals surface area contributed by atoms with Gasteiger partial charge in [-0.25, -0.2) is 0 Å². The Balaban J connectivity index is 1.61. The first-order valence-electron chi connectivity index (χ1n) is 6.65. The molecule has 1 atom stereocenters. The number of hydrogen-bond acceptors (Lipinski definition) is 2. The minimum Gasteiger partial charge on any atom is -0.378 e. The summed E-state index contributed by atoms with van der Waals surface area (Å²) >= 11 is 5.93. The molecule has 1 saturated carbocycles. The van der Waals surface area contributed by atoms with E-state index < -0.39 is 0 Å². The predicted octanol–water partition coefficient (Wildman–Crippen LogP) is 2.42. The zero-order valence-electron chi connectivity index (χ0n) is 10.5. The number of amides is 1. The van der Waals surface area contributed by atoms with Crippen molar-refractivity contribution in [2.45, 2.75) is 50.0 Å². The third-order valence-electron chi connectivity index (χ3n) is 3.84. The lowest BCUT2D eigenvalue weighted by Crippen LogP contribution is -2.38. The van der Waals surface area contributed by atoms with E-state index in [1.807, 2.05) is 11.9 Å². The van der Waals surface area contributed by atoms with E-state index in [1.54, 1.807) is 0 Å². The molecule has 2 aliphatic rings. The monoisotopic (exact) mass is 259 g/mol. The molecule has 1 aliphatic heterocycles. The molecule has 0 radical (unpaired) electrons. The first-order chi connectivity index (χ1) is 8.15. The van der Waals surface area contributed by atoms with Crippen molar-refractivity contribution in [2.75, 3.05) is 20.2 Å². The Labute approximate surface area is 108 Å². The van der Waals surface area contributed by atoms with Gasteiger partial charge in [0.1, 0.15) is 0 Å². The van der Waals surface area contributed by atoms with Crippen molar-refractivity contribution >= 4 is 17.5 Å². The molecule has 1 amide bonds. The van der Waals surface area contributed by atoms with Gasteiger partial charge in [0.05, 0.1) is 6.10 Å². The van der Waals surface area contributed by atoms with Crippen LogP contribution < -0.4 is 0 Å². The van der Waals surface area contributed by atoms with E-state index in [0.717, 1.165) is 45.3 Å². The molecule has 0 bridgehead atoms. The normalized spacial score (nSPS) is 32.2. The van der Waals surface area contributed by atoms with Crippen LogP contribution in [0.2, 0.25) is 0 Å². The summed E-state index contributed by atoms with van der Waals surface area (Å²) in [5.41, 5.74) is 0. The molecule has 0 aromatic carbocycles. The van der Waals surface area contributed by atoms with E-state index in [2.05, 4.69) is 0 Å². The maximum absolute atomic E-state index is 11.9. The zero-order chi connectivity index (χ0) is 12.3. The summed E-state index contributed by atoms with van der Waals surface area (Å²) in [5.74, 6) is 0.868. The van der Waals surface area contributed by atoms with Gasteiger partial charge in [-0.2, -0.15) is 0 Å². The van der Waals surface area contributed by atoms with Crippen LogP contribution in [0.15, 0.2) is 0 Å². The van der Waals surface area contributed by atoms with Crippen molar-refractivity contribution in [1.29, 1.82) is 0 Å². The van der Waals surface area contributed by atoms with E-state index in [9.17, 15) is 4.79 Å². The van der Waals surface area contributed by atoms with Crippen LogP contribution in [0.3, 0.4) is 0 Å². The lowest BCUT2D eigenvalue weighted by atomic mass is 9.84. The number of rotatable bonds is 5. The molecule has 2 fully saturated rings. The maximum Gasteiger partial charge on any atom is 0.222 e. The second-order valence-electron chi connectivity index (χ2n) is 5.38. The Hall–Kier alpha value is -0.280. The first kappa shape index (κ1) is 13.2. The number of nitrogens with zero attached hydrogens (tertiary/aromatic N) is 1. The highest BCUT2D eigenvalue weighted by Gasteiger charge is 2.29. The molecule has 1 saturated heterocycles. The Bertz CT molecular complexity index is 260. The van der Waals surface area contributed by atoms with Crippen LogP contribution in [-0.4, -0.2) is 42.5 Å². The fourth-order valence-electron chi connectivity index (χ4n) is 2.64. The standard InChI is InChI=1S/C13H22ClNO2/c1-15(9-10-7-11(14)8-10)13(16)5-4-12-3-2-6-17-12/h10-12H,2-9H2,1H3. The van der Waals surface area contributed by atoms with Crippen LogP contribution in [-0.2, 0) is 9.53 Å². The first-order valence-corrected chi connectivity index (χ1v) is 7.08. The van der Waals surface area contributed by atoms with E-state index in [-0.39, 0.29) is 5.91 Å². The smallest absolute Gasteiger partial charge is 0.222 e. The van der Waals surface area contributed by atoms with Crippen molar-refractivity contribution in [3.63, 3.8) is 0 Å². The summed E-state index contributed by atoms with van der Waals surface area (Å²) in [6.07, 6.45) is 6.21. The van der Waals surface area contributed by atoms with Crippen molar-refractivity contribution in [1.82, 2.24) is 4.90 Å². The number of ether oxygens (including phenoxy) is 1. The van der Waals surface area contributed by atoms with E-state index in [0.29, 0.717) is 23.8 Å². The molecule has 0 spiro atoms. The van der Waals surface area contributed by atoms with Gasteiger partial charge in [0.25, 0.3) is 0 Å². The zero-order valence-corrected chi connectivity index (χ0v) is 11.3. The number of carbonyl (C=O) groups is 1. The van der Waals surface area contributed by atoms with Gasteiger partial charge >= 0.3 is 0 Å². The van der Waals surface area contributed by atoms with E-state index >= 15 is 0 Å². The lowest BCUT2D eigenvalue weighted by molar-refractivity contribution is -0.131. The van der Waals surface area contributed by atoms with Gasteiger partial charge < -0.3 is 9.64 Å². The molecule has 3 nitrogen and oxygen atoms in total. The van der Waals surface area contributed by atoms with Gasteiger partial charge in [-0.05, 0) is 38.0 Å². The molecule has 1 heterocycles. The third kappa shape index (κ3) is 3.85. The molecular formula is C13H22ClNO2. The Morgan fingerprint density at radius 2 is 2.24 bits per heavy atom. The quantitative estimate of drug-likeness (QED) is 0.710. The molecule has 4 heteroatoms. The molecule has 2 rings (SSSR count). The van der Waals surface area contributed by atoms with Crippen LogP contribution in [0.5, 0.6) is 0 Å². The molecule has 17 heavy (non-hydrogen) atoms. The third-order valence-corrected chi connectivity index (χ3v) is 4.20. The molecular weight excluding hydrogens is 238 g/mol. The SMILES string of the molecule is CN(CC1CC(Cl)C1)C(=O)CCC1CCCO1. The Morgan fingerprint density at radius 1 is 1.47 bits per heavy atom. The minimum atomic E-state index is 0.249. The Morgan fingerprint density at radius 3 is 2.82 bits per heavy atom. The van der Waals surface area contributed by atoms with Crippen LogP contribution in [0.25, 0.3) is 0 Å². The topological polar surface area (TPSA) is 29.5 Å². The maximum atomic E-state index is 11.9. The second kappa shape index (κ2) is 6.05. The lowest BCUT2D eigenvalue weighted by Gasteiger charge is -2.34. The van der Waals surface area contributed by atoms with Gasteiger partial charge in [-0.3, -0.25) is 4.79 Å². The average molecular weight is 260 g/mol. The van der Waals surface area contributed by atoms with Crippen molar-refractivity contribution in [3.8, 4) is 0 Å². The highest BCUT2D eigenvalue weighted by atomic mass is 35.5. The van der Waals surface area contributed by atoms with Gasteiger partial charge in [-0.1, -0.05) is 0 Å². The molecule has 0 aromatic rings. The number of carbonyl (C=O) groups excluding carboxylic acids is 1. The van der Waals surface area contributed by atoms with Crippen LogP contribution in [0.1, 0.15) is 38.5 Å². The molecule has 98 valence electrons. The van der Waals surface area contributed by atoms with Crippen LogP contribution in [0, 0.1) is 5.92 Å². The van der Waals surface area contributed by atoms with E-state index in [1.165, 1.54) is 0 Å². The highest BCUT2D eigenvalue weighted by Crippen LogP contribution is 2.32. The summed E-state index contributed by atoms with van der Waals surface area (Å²) in [4.78, 5) is 13.8. The Kier molecular flexibility index (Phi) is 4.69. The fourth-order valence-corrected chi connectivity index (χ4v) is 3.14. The van der Waals surface area contributed by atoms with Gasteiger partial charge in [0.2, 0.25) is 5.91 Å². The summed E-state index contributed by atoms with van der Waals surface area (Å²) in [6.45, 7) is 1.74. The van der Waals surface area contributed by atoms with Crippen LogP contribution >= 0.6 is 11.6 Å². The molecule has 0 aromatic heterocycles. The minimum absolute atomic E-state index is 0.249.